The van der Waals surface area contributed by atoms with Crippen molar-refractivity contribution >= 4 is 17.6 Å². The molecule has 0 aromatic carbocycles. The zero-order valence-corrected chi connectivity index (χ0v) is 12.7. The summed E-state index contributed by atoms with van der Waals surface area (Å²) in [5.74, 6) is 0.733. The average Bonchev–Trinajstić information content (AvgIpc) is 2.82. The third-order valence-electron chi connectivity index (χ3n) is 3.63. The minimum Gasteiger partial charge on any atom is -0.360 e. The first kappa shape index (κ1) is 15.5. The lowest BCUT2D eigenvalue weighted by molar-refractivity contribution is -0.137. The number of aryl methyl sites for hydroxylation is 1. The van der Waals surface area contributed by atoms with E-state index in [0.29, 0.717) is 17.6 Å². The number of piperidine rings is 1. The zero-order valence-electron chi connectivity index (χ0n) is 12.7. The number of hydrogen-bond donors (Lipinski definition) is 2. The van der Waals surface area contributed by atoms with Crippen molar-refractivity contribution in [2.45, 2.75) is 32.7 Å². The highest BCUT2D eigenvalue weighted by molar-refractivity contribution is 5.94. The minimum absolute atomic E-state index is 0.00616. The third-order valence-corrected chi connectivity index (χ3v) is 3.63. The van der Waals surface area contributed by atoms with Gasteiger partial charge in [-0.15, -0.1) is 0 Å². The van der Waals surface area contributed by atoms with E-state index in [-0.39, 0.29) is 24.3 Å². The topological polar surface area (TPSA) is 87.5 Å². The van der Waals surface area contributed by atoms with Gasteiger partial charge >= 0.3 is 0 Å². The number of amides is 2. The van der Waals surface area contributed by atoms with Gasteiger partial charge in [0, 0.05) is 25.1 Å². The predicted octanol–water partition coefficient (Wildman–Crippen LogP) is 0.768. The first-order valence-corrected chi connectivity index (χ1v) is 7.17. The summed E-state index contributed by atoms with van der Waals surface area (Å²) in [6.07, 6.45) is 1.63. The van der Waals surface area contributed by atoms with Crippen molar-refractivity contribution in [3.8, 4) is 0 Å². The van der Waals surface area contributed by atoms with Crippen LogP contribution in [0.25, 0.3) is 0 Å². The van der Waals surface area contributed by atoms with Crippen LogP contribution in [0, 0.1) is 12.8 Å². The monoisotopic (exact) mass is 294 g/mol. The van der Waals surface area contributed by atoms with Crippen molar-refractivity contribution in [3.05, 3.63) is 11.8 Å². The van der Waals surface area contributed by atoms with Crippen LogP contribution in [-0.2, 0) is 9.59 Å². The fraction of sp³-hybridized carbons (Fsp3) is 0.643. The predicted molar refractivity (Wildman–Crippen MR) is 77.7 cm³/mol. The Morgan fingerprint density at radius 3 is 2.95 bits per heavy atom. The van der Waals surface area contributed by atoms with Gasteiger partial charge in [0.1, 0.15) is 5.76 Å². The van der Waals surface area contributed by atoms with E-state index in [1.54, 1.807) is 20.0 Å². The van der Waals surface area contributed by atoms with Gasteiger partial charge in [-0.3, -0.25) is 9.59 Å². The molecule has 0 bridgehead atoms. The van der Waals surface area contributed by atoms with Crippen LogP contribution in [0.5, 0.6) is 0 Å². The van der Waals surface area contributed by atoms with Gasteiger partial charge in [-0.25, -0.2) is 0 Å². The number of aromatic nitrogens is 1. The molecule has 0 aliphatic carbocycles. The van der Waals surface area contributed by atoms with Crippen molar-refractivity contribution in [2.75, 3.05) is 25.5 Å². The van der Waals surface area contributed by atoms with Crippen molar-refractivity contribution in [3.63, 3.8) is 0 Å². The van der Waals surface area contributed by atoms with Gasteiger partial charge < -0.3 is 20.1 Å². The number of nitrogens with one attached hydrogen (secondary N) is 2. The molecule has 1 aliphatic rings. The Bertz CT molecular complexity index is 514. The molecule has 7 heteroatoms. The lowest BCUT2D eigenvalue weighted by Crippen LogP contribution is -2.44. The molecule has 1 fully saturated rings. The SMILES string of the molecule is Cc1cc(NC(=O)CN(C)C(=O)C2CCNC(C)C2)no1. The quantitative estimate of drug-likeness (QED) is 0.856. The summed E-state index contributed by atoms with van der Waals surface area (Å²) in [5, 5.41) is 9.61. The van der Waals surface area contributed by atoms with Crippen LogP contribution in [0.1, 0.15) is 25.5 Å². The first-order chi connectivity index (χ1) is 9.95. The Labute approximate surface area is 124 Å². The van der Waals surface area contributed by atoms with Crippen LogP contribution in [0.3, 0.4) is 0 Å². The van der Waals surface area contributed by atoms with Crippen molar-refractivity contribution < 1.29 is 14.1 Å². The Balaban J connectivity index is 1.83. The van der Waals surface area contributed by atoms with Crippen molar-refractivity contribution in [2.24, 2.45) is 5.92 Å². The van der Waals surface area contributed by atoms with E-state index >= 15 is 0 Å². The van der Waals surface area contributed by atoms with Gasteiger partial charge in [-0.2, -0.15) is 0 Å². The fourth-order valence-corrected chi connectivity index (χ4v) is 2.57. The summed E-state index contributed by atoms with van der Waals surface area (Å²) < 4.78 is 4.87. The van der Waals surface area contributed by atoms with Crippen molar-refractivity contribution in [1.82, 2.24) is 15.4 Å². The Hall–Kier alpha value is -1.89. The third kappa shape index (κ3) is 4.29. The van der Waals surface area contributed by atoms with E-state index in [1.807, 2.05) is 0 Å². The van der Waals surface area contributed by atoms with Gasteiger partial charge in [0.15, 0.2) is 5.82 Å². The van der Waals surface area contributed by atoms with Gasteiger partial charge in [0.25, 0.3) is 0 Å². The molecule has 21 heavy (non-hydrogen) atoms. The van der Waals surface area contributed by atoms with Gasteiger partial charge in [-0.1, -0.05) is 5.16 Å². The van der Waals surface area contributed by atoms with Crippen LogP contribution in [0.2, 0.25) is 0 Å². The molecule has 1 aromatic heterocycles. The minimum atomic E-state index is -0.277. The zero-order chi connectivity index (χ0) is 15.4. The highest BCUT2D eigenvalue weighted by atomic mass is 16.5. The molecule has 1 aromatic rings. The Morgan fingerprint density at radius 1 is 1.57 bits per heavy atom. The summed E-state index contributed by atoms with van der Waals surface area (Å²) in [4.78, 5) is 25.7. The van der Waals surface area contributed by atoms with E-state index in [1.165, 1.54) is 4.90 Å². The van der Waals surface area contributed by atoms with Crippen LogP contribution in [-0.4, -0.2) is 48.0 Å². The van der Waals surface area contributed by atoms with E-state index in [0.717, 1.165) is 19.4 Å². The molecule has 2 rings (SSSR count). The average molecular weight is 294 g/mol. The van der Waals surface area contributed by atoms with Crippen LogP contribution in [0.15, 0.2) is 10.6 Å². The van der Waals surface area contributed by atoms with E-state index in [9.17, 15) is 9.59 Å². The summed E-state index contributed by atoms with van der Waals surface area (Å²) in [5.41, 5.74) is 0. The van der Waals surface area contributed by atoms with Crippen LogP contribution in [0.4, 0.5) is 5.82 Å². The second-order valence-corrected chi connectivity index (χ2v) is 5.64. The molecular formula is C14H22N4O3. The molecule has 0 radical (unpaired) electrons. The molecule has 1 aliphatic heterocycles. The fourth-order valence-electron chi connectivity index (χ4n) is 2.57. The van der Waals surface area contributed by atoms with Crippen LogP contribution >= 0.6 is 0 Å². The van der Waals surface area contributed by atoms with E-state index < -0.39 is 0 Å². The maximum atomic E-state index is 12.3. The summed E-state index contributed by atoms with van der Waals surface area (Å²) >= 11 is 0. The molecule has 0 spiro atoms. The highest BCUT2D eigenvalue weighted by Gasteiger charge is 2.27. The molecule has 116 valence electrons. The standard InChI is InChI=1S/C14H22N4O3/c1-9-6-11(4-5-15-9)14(20)18(3)8-13(19)16-12-7-10(2)21-17-12/h7,9,11,15H,4-6,8H2,1-3H3,(H,16,17,19). The lowest BCUT2D eigenvalue weighted by atomic mass is 9.92. The number of carbonyl (C=O) groups excluding carboxylic acids is 2. The van der Waals surface area contributed by atoms with Gasteiger partial charge in [0.05, 0.1) is 6.54 Å². The number of anilines is 1. The number of likely N-dealkylation sites (N-methyl/N-ethyl adjacent to an activating group) is 1. The normalized spacial score (nSPS) is 21.9. The summed E-state index contributed by atoms with van der Waals surface area (Å²) in [6.45, 7) is 4.68. The Kier molecular flexibility index (Phi) is 4.95. The molecule has 0 saturated carbocycles. The van der Waals surface area contributed by atoms with E-state index in [2.05, 4.69) is 22.7 Å². The first-order valence-electron chi connectivity index (χ1n) is 7.17. The maximum Gasteiger partial charge on any atom is 0.245 e. The smallest absolute Gasteiger partial charge is 0.245 e. The maximum absolute atomic E-state index is 12.3. The second-order valence-electron chi connectivity index (χ2n) is 5.64. The number of nitrogens with zero attached hydrogens (tertiary/aromatic N) is 2. The van der Waals surface area contributed by atoms with E-state index in [4.69, 9.17) is 4.52 Å². The molecule has 2 unspecified atom stereocenters. The summed E-state index contributed by atoms with van der Waals surface area (Å²) in [7, 11) is 1.66. The molecule has 2 amide bonds. The highest BCUT2D eigenvalue weighted by Crippen LogP contribution is 2.18. The molecule has 2 atom stereocenters. The van der Waals surface area contributed by atoms with Gasteiger partial charge in [0.2, 0.25) is 11.8 Å². The Morgan fingerprint density at radius 2 is 2.33 bits per heavy atom. The molecule has 2 heterocycles. The van der Waals surface area contributed by atoms with Crippen molar-refractivity contribution in [1.29, 1.82) is 0 Å². The lowest BCUT2D eigenvalue weighted by Gasteiger charge is -2.30. The summed E-state index contributed by atoms with van der Waals surface area (Å²) in [6, 6.07) is 1.97. The molecular weight excluding hydrogens is 272 g/mol. The van der Waals surface area contributed by atoms with Crippen LogP contribution < -0.4 is 10.6 Å². The molecule has 2 N–H and O–H groups in total. The second kappa shape index (κ2) is 6.71. The number of rotatable bonds is 4. The number of hydrogen-bond acceptors (Lipinski definition) is 5. The number of carbonyl (C=O) groups is 2. The molecule has 7 nitrogen and oxygen atoms in total. The largest absolute Gasteiger partial charge is 0.360 e. The van der Waals surface area contributed by atoms with Gasteiger partial charge in [-0.05, 0) is 33.2 Å². The molecule has 1 saturated heterocycles.